The second-order valence-electron chi connectivity index (χ2n) is 5.72. The number of ether oxygens (including phenoxy) is 1. The molecule has 0 saturated heterocycles. The third-order valence-electron chi connectivity index (χ3n) is 3.94. The fourth-order valence-electron chi connectivity index (χ4n) is 2.78. The summed E-state index contributed by atoms with van der Waals surface area (Å²) in [6.45, 7) is 1.97. The van der Waals surface area contributed by atoms with Crippen molar-refractivity contribution in [1.82, 2.24) is 9.38 Å². The number of anilines is 1. The minimum absolute atomic E-state index is 0.236. The van der Waals surface area contributed by atoms with Gasteiger partial charge < -0.3 is 10.1 Å². The van der Waals surface area contributed by atoms with E-state index in [9.17, 15) is 14.0 Å². The lowest BCUT2D eigenvalue weighted by Crippen LogP contribution is -2.18. The Morgan fingerprint density at radius 1 is 1.23 bits per heavy atom. The van der Waals surface area contributed by atoms with Gasteiger partial charge >= 0.3 is 5.97 Å². The number of halogens is 1. The number of imidazole rings is 1. The zero-order valence-corrected chi connectivity index (χ0v) is 14.5. The molecule has 1 N–H and O–H groups in total. The standard InChI is InChI=1S/C19H18FN3O3/c1-3-6-15-17(23-11-12(20)9-10-16(23)21-15)18(24)22-14-8-5-4-7-13(14)19(25)26-2/h4-5,7-11H,3,6H2,1-2H3,(H,22,24). The SMILES string of the molecule is CCCc1nc2ccc(F)cn2c1C(=O)Nc1ccccc1C(=O)OC. The number of nitrogens with one attached hydrogen (secondary N) is 1. The number of hydrogen-bond acceptors (Lipinski definition) is 4. The van der Waals surface area contributed by atoms with Gasteiger partial charge in [-0.05, 0) is 30.7 Å². The van der Waals surface area contributed by atoms with Gasteiger partial charge in [0.2, 0.25) is 0 Å². The molecule has 1 amide bonds. The highest BCUT2D eigenvalue weighted by Crippen LogP contribution is 2.20. The van der Waals surface area contributed by atoms with Gasteiger partial charge in [-0.1, -0.05) is 25.5 Å². The molecule has 0 radical (unpaired) electrons. The Balaban J connectivity index is 2.04. The molecule has 0 saturated carbocycles. The van der Waals surface area contributed by atoms with E-state index >= 15 is 0 Å². The quantitative estimate of drug-likeness (QED) is 0.712. The first-order valence-corrected chi connectivity index (χ1v) is 8.20. The fourth-order valence-corrected chi connectivity index (χ4v) is 2.78. The number of fused-ring (bicyclic) bond motifs is 1. The van der Waals surface area contributed by atoms with E-state index in [-0.39, 0.29) is 11.3 Å². The van der Waals surface area contributed by atoms with Gasteiger partial charge in [-0.2, -0.15) is 0 Å². The van der Waals surface area contributed by atoms with Gasteiger partial charge in [-0.3, -0.25) is 9.20 Å². The number of rotatable bonds is 5. The van der Waals surface area contributed by atoms with Crippen LogP contribution < -0.4 is 5.32 Å². The molecule has 2 heterocycles. The fraction of sp³-hybridized carbons (Fsp3) is 0.211. The minimum Gasteiger partial charge on any atom is -0.465 e. The molecule has 0 atom stereocenters. The van der Waals surface area contributed by atoms with Gasteiger partial charge in [0.15, 0.2) is 0 Å². The molecule has 26 heavy (non-hydrogen) atoms. The van der Waals surface area contributed by atoms with Crippen LogP contribution in [0.3, 0.4) is 0 Å². The van der Waals surface area contributed by atoms with Gasteiger partial charge in [-0.25, -0.2) is 14.2 Å². The van der Waals surface area contributed by atoms with Crippen molar-refractivity contribution in [3.05, 3.63) is 65.4 Å². The van der Waals surface area contributed by atoms with Crippen LogP contribution in [-0.2, 0) is 11.2 Å². The molecule has 0 unspecified atom stereocenters. The number of para-hydroxylation sites is 1. The van der Waals surface area contributed by atoms with E-state index in [0.29, 0.717) is 23.4 Å². The lowest BCUT2D eigenvalue weighted by atomic mass is 10.1. The number of aromatic nitrogens is 2. The molecule has 3 aromatic rings. The first kappa shape index (κ1) is 17.6. The summed E-state index contributed by atoms with van der Waals surface area (Å²) in [6, 6.07) is 9.35. The van der Waals surface area contributed by atoms with Crippen LogP contribution in [0.5, 0.6) is 0 Å². The molecule has 3 rings (SSSR count). The second kappa shape index (κ2) is 7.35. The molecule has 0 aliphatic heterocycles. The monoisotopic (exact) mass is 355 g/mol. The number of esters is 1. The van der Waals surface area contributed by atoms with Crippen LogP contribution in [0, 0.1) is 5.82 Å². The first-order valence-electron chi connectivity index (χ1n) is 8.20. The van der Waals surface area contributed by atoms with E-state index in [1.807, 2.05) is 6.92 Å². The van der Waals surface area contributed by atoms with Crippen LogP contribution in [0.15, 0.2) is 42.6 Å². The summed E-state index contributed by atoms with van der Waals surface area (Å²) in [6.07, 6.45) is 2.58. The van der Waals surface area contributed by atoms with Crippen molar-refractivity contribution in [1.29, 1.82) is 0 Å². The minimum atomic E-state index is -0.557. The van der Waals surface area contributed by atoms with Crippen LogP contribution in [-0.4, -0.2) is 28.4 Å². The molecule has 6 nitrogen and oxygen atoms in total. The third kappa shape index (κ3) is 3.28. The van der Waals surface area contributed by atoms with Gasteiger partial charge in [0.05, 0.1) is 24.1 Å². The average Bonchev–Trinajstić information content (AvgIpc) is 2.99. The number of methoxy groups -OCH3 is 1. The van der Waals surface area contributed by atoms with E-state index in [4.69, 9.17) is 4.74 Å². The molecule has 0 aliphatic carbocycles. The average molecular weight is 355 g/mol. The van der Waals surface area contributed by atoms with Gasteiger partial charge in [0.1, 0.15) is 17.2 Å². The summed E-state index contributed by atoms with van der Waals surface area (Å²) in [5.41, 5.74) is 1.87. The van der Waals surface area contributed by atoms with E-state index < -0.39 is 17.7 Å². The summed E-state index contributed by atoms with van der Waals surface area (Å²) in [4.78, 5) is 29.2. The molecule has 1 aromatic carbocycles. The Hall–Kier alpha value is -3.22. The highest BCUT2D eigenvalue weighted by molar-refractivity contribution is 6.08. The third-order valence-corrected chi connectivity index (χ3v) is 3.94. The Bertz CT molecular complexity index is 981. The first-order chi connectivity index (χ1) is 12.5. The molecule has 0 aliphatic rings. The number of benzene rings is 1. The van der Waals surface area contributed by atoms with Gasteiger partial charge in [0.25, 0.3) is 5.91 Å². The maximum Gasteiger partial charge on any atom is 0.339 e. The van der Waals surface area contributed by atoms with Crippen molar-refractivity contribution in [2.45, 2.75) is 19.8 Å². The molecule has 2 aromatic heterocycles. The Morgan fingerprint density at radius 3 is 2.73 bits per heavy atom. The van der Waals surface area contributed by atoms with Crippen molar-refractivity contribution >= 4 is 23.2 Å². The predicted molar refractivity (Wildman–Crippen MR) is 94.9 cm³/mol. The molecule has 0 spiro atoms. The van der Waals surface area contributed by atoms with Crippen molar-refractivity contribution < 1.29 is 18.7 Å². The molecule has 0 fully saturated rings. The summed E-state index contributed by atoms with van der Waals surface area (Å²) in [5, 5.41) is 2.72. The Kier molecular flexibility index (Phi) is 4.97. The van der Waals surface area contributed by atoms with Crippen LogP contribution in [0.1, 0.15) is 39.9 Å². The normalized spacial score (nSPS) is 10.7. The molecular formula is C19H18FN3O3. The lowest BCUT2D eigenvalue weighted by Gasteiger charge is -2.10. The van der Waals surface area contributed by atoms with Crippen molar-refractivity contribution in [2.24, 2.45) is 0 Å². The predicted octanol–water partition coefficient (Wildman–Crippen LogP) is 3.46. The Labute approximate surface area is 149 Å². The highest BCUT2D eigenvalue weighted by Gasteiger charge is 2.21. The number of hydrogen-bond donors (Lipinski definition) is 1. The number of pyridine rings is 1. The maximum absolute atomic E-state index is 13.7. The smallest absolute Gasteiger partial charge is 0.339 e. The molecule has 134 valence electrons. The number of carbonyl (C=O) groups is 2. The van der Waals surface area contributed by atoms with E-state index in [1.54, 1.807) is 24.3 Å². The summed E-state index contributed by atoms with van der Waals surface area (Å²) >= 11 is 0. The topological polar surface area (TPSA) is 72.7 Å². The van der Waals surface area contributed by atoms with Crippen molar-refractivity contribution in [3.8, 4) is 0 Å². The van der Waals surface area contributed by atoms with Crippen LogP contribution >= 0.6 is 0 Å². The summed E-state index contributed by atoms with van der Waals surface area (Å²) in [5.74, 6) is -1.50. The summed E-state index contributed by atoms with van der Waals surface area (Å²) in [7, 11) is 1.27. The van der Waals surface area contributed by atoms with Crippen LogP contribution in [0.25, 0.3) is 5.65 Å². The number of aryl methyl sites for hydroxylation is 1. The number of nitrogens with zero attached hydrogens (tertiary/aromatic N) is 2. The Morgan fingerprint density at radius 2 is 2.00 bits per heavy atom. The van der Waals surface area contributed by atoms with Crippen LogP contribution in [0.4, 0.5) is 10.1 Å². The molecule has 7 heteroatoms. The summed E-state index contributed by atoms with van der Waals surface area (Å²) < 4.78 is 19.8. The largest absolute Gasteiger partial charge is 0.465 e. The highest BCUT2D eigenvalue weighted by atomic mass is 19.1. The zero-order chi connectivity index (χ0) is 18.7. The van der Waals surface area contributed by atoms with Gasteiger partial charge in [-0.15, -0.1) is 0 Å². The van der Waals surface area contributed by atoms with Crippen molar-refractivity contribution in [2.75, 3.05) is 12.4 Å². The van der Waals surface area contributed by atoms with Crippen molar-refractivity contribution in [3.63, 3.8) is 0 Å². The molecular weight excluding hydrogens is 337 g/mol. The maximum atomic E-state index is 13.7. The van der Waals surface area contributed by atoms with E-state index in [0.717, 1.165) is 6.42 Å². The number of carbonyl (C=O) groups excluding carboxylic acids is 2. The lowest BCUT2D eigenvalue weighted by molar-refractivity contribution is 0.0602. The number of amides is 1. The van der Waals surface area contributed by atoms with E-state index in [1.165, 1.54) is 29.8 Å². The van der Waals surface area contributed by atoms with Gasteiger partial charge in [0, 0.05) is 6.20 Å². The van der Waals surface area contributed by atoms with E-state index in [2.05, 4.69) is 10.3 Å². The second-order valence-corrected chi connectivity index (χ2v) is 5.72. The molecule has 0 bridgehead atoms. The zero-order valence-electron chi connectivity index (χ0n) is 14.5. The van der Waals surface area contributed by atoms with Crippen LogP contribution in [0.2, 0.25) is 0 Å².